The van der Waals surface area contributed by atoms with Crippen molar-refractivity contribution in [3.8, 4) is 5.75 Å². The average molecular weight is 309 g/mol. The molecule has 22 heavy (non-hydrogen) atoms. The predicted molar refractivity (Wildman–Crippen MR) is 72.8 cm³/mol. The summed E-state index contributed by atoms with van der Waals surface area (Å²) in [5, 5.41) is 7.18. The number of carbonyl (C=O) groups excluding carboxylic acids is 2. The van der Waals surface area contributed by atoms with Crippen LogP contribution >= 0.6 is 0 Å². The molecule has 9 nitrogen and oxygen atoms in total. The molecule has 0 bridgehead atoms. The molecule has 1 atom stereocenters. The van der Waals surface area contributed by atoms with Crippen molar-refractivity contribution in [3.05, 3.63) is 28.6 Å². The number of H-pyrrole nitrogens is 1. The second-order valence-corrected chi connectivity index (χ2v) is 4.95. The van der Waals surface area contributed by atoms with Gasteiger partial charge in [-0.2, -0.15) is 5.90 Å². The van der Waals surface area contributed by atoms with Crippen LogP contribution < -0.4 is 26.9 Å². The lowest BCUT2D eigenvalue weighted by Gasteiger charge is -2.21. The van der Waals surface area contributed by atoms with Gasteiger partial charge >= 0.3 is 6.03 Å². The number of hydrogen-bond donors (Lipinski definition) is 4. The number of imide groups is 1. The van der Waals surface area contributed by atoms with Gasteiger partial charge in [-0.05, 0) is 18.2 Å². The van der Waals surface area contributed by atoms with Crippen molar-refractivity contribution in [2.75, 3.05) is 6.67 Å². The highest BCUT2D eigenvalue weighted by Gasteiger charge is 2.47. The van der Waals surface area contributed by atoms with Gasteiger partial charge in [0.25, 0.3) is 11.5 Å². The molecule has 1 saturated heterocycles. The van der Waals surface area contributed by atoms with Gasteiger partial charge in [0.05, 0.1) is 17.4 Å². The number of fused-ring (bicyclic) bond motifs is 1. The van der Waals surface area contributed by atoms with Crippen molar-refractivity contribution >= 4 is 22.8 Å². The Morgan fingerprint density at radius 1 is 1.32 bits per heavy atom. The van der Waals surface area contributed by atoms with Gasteiger partial charge in [-0.15, -0.1) is 0 Å². The number of nitrogens with two attached hydrogens (primary N) is 1. The predicted octanol–water partition coefficient (Wildman–Crippen LogP) is -0.870. The van der Waals surface area contributed by atoms with Crippen LogP contribution in [0.4, 0.5) is 9.18 Å². The first-order chi connectivity index (χ1) is 10.5. The van der Waals surface area contributed by atoms with Gasteiger partial charge in [0.1, 0.15) is 12.4 Å². The van der Waals surface area contributed by atoms with Crippen LogP contribution in [0.5, 0.6) is 5.75 Å². The number of halogens is 1. The van der Waals surface area contributed by atoms with E-state index in [4.69, 9.17) is 5.90 Å². The highest BCUT2D eigenvalue weighted by atomic mass is 19.1. The standard InChI is InChI=1S/C12H12FN5O4/c13-4-12(10(20)15-11(21)16-12)5-18-9(19)7-3-6(22-14)1-2-8(7)17-18/h1-3,17H,4-5,14H2,(H2,15,16,20,21). The summed E-state index contributed by atoms with van der Waals surface area (Å²) in [6.07, 6.45) is 0. The molecule has 5 N–H and O–H groups in total. The summed E-state index contributed by atoms with van der Waals surface area (Å²) in [4.78, 5) is 39.8. The van der Waals surface area contributed by atoms with Crippen molar-refractivity contribution in [2.24, 2.45) is 5.90 Å². The van der Waals surface area contributed by atoms with Crippen LogP contribution in [0.15, 0.2) is 23.0 Å². The van der Waals surface area contributed by atoms with Gasteiger partial charge in [-0.3, -0.25) is 20.0 Å². The Labute approximate surface area is 122 Å². The van der Waals surface area contributed by atoms with E-state index in [2.05, 4.69) is 15.3 Å². The van der Waals surface area contributed by atoms with E-state index in [-0.39, 0.29) is 17.7 Å². The minimum Gasteiger partial charge on any atom is -0.412 e. The summed E-state index contributed by atoms with van der Waals surface area (Å²) in [6.45, 7) is -1.52. The van der Waals surface area contributed by atoms with Gasteiger partial charge in [-0.1, -0.05) is 0 Å². The van der Waals surface area contributed by atoms with Crippen LogP contribution in [0.25, 0.3) is 10.9 Å². The number of amides is 3. The lowest BCUT2D eigenvalue weighted by molar-refractivity contribution is -0.125. The Morgan fingerprint density at radius 2 is 2.09 bits per heavy atom. The van der Waals surface area contributed by atoms with E-state index in [9.17, 15) is 18.8 Å². The van der Waals surface area contributed by atoms with Crippen LogP contribution in [0.2, 0.25) is 0 Å². The molecule has 3 rings (SSSR count). The summed E-state index contributed by atoms with van der Waals surface area (Å²) in [5.74, 6) is 4.49. The summed E-state index contributed by atoms with van der Waals surface area (Å²) < 4.78 is 14.4. The molecule has 1 aliphatic rings. The number of hydrogen-bond acceptors (Lipinski definition) is 5. The Morgan fingerprint density at radius 3 is 2.68 bits per heavy atom. The fourth-order valence-corrected chi connectivity index (χ4v) is 2.37. The molecular formula is C12H12FN5O4. The average Bonchev–Trinajstić information content (AvgIpc) is 2.96. The second-order valence-electron chi connectivity index (χ2n) is 4.95. The first-order valence-corrected chi connectivity index (χ1v) is 6.28. The van der Waals surface area contributed by atoms with Crippen LogP contribution in [-0.2, 0) is 11.3 Å². The Kier molecular flexibility index (Phi) is 3.10. The third kappa shape index (κ3) is 2.00. The maximum absolute atomic E-state index is 13.3. The molecule has 2 heterocycles. The zero-order valence-electron chi connectivity index (χ0n) is 11.2. The highest BCUT2D eigenvalue weighted by Crippen LogP contribution is 2.18. The molecule has 3 amide bonds. The number of aromatic amines is 1. The van der Waals surface area contributed by atoms with Crippen molar-refractivity contribution in [1.29, 1.82) is 0 Å². The Bertz CT molecular complexity index is 829. The molecule has 1 fully saturated rings. The molecule has 1 aliphatic heterocycles. The minimum atomic E-state index is -1.81. The van der Waals surface area contributed by atoms with Crippen molar-refractivity contribution in [2.45, 2.75) is 12.1 Å². The first kappa shape index (κ1) is 14.1. The summed E-state index contributed by atoms with van der Waals surface area (Å²) in [5.41, 5.74) is -1.84. The van der Waals surface area contributed by atoms with Gasteiger partial charge < -0.3 is 10.2 Å². The third-order valence-electron chi connectivity index (χ3n) is 3.53. The topological polar surface area (TPSA) is 131 Å². The van der Waals surface area contributed by atoms with E-state index in [1.165, 1.54) is 12.1 Å². The van der Waals surface area contributed by atoms with Gasteiger partial charge in [0, 0.05) is 0 Å². The van der Waals surface area contributed by atoms with E-state index >= 15 is 0 Å². The van der Waals surface area contributed by atoms with Crippen molar-refractivity contribution in [3.63, 3.8) is 0 Å². The van der Waals surface area contributed by atoms with Crippen LogP contribution in [0, 0.1) is 0 Å². The largest absolute Gasteiger partial charge is 0.412 e. The van der Waals surface area contributed by atoms with Gasteiger partial charge in [0.2, 0.25) is 0 Å². The van der Waals surface area contributed by atoms with Crippen LogP contribution in [0.1, 0.15) is 0 Å². The number of alkyl halides is 1. The molecule has 1 unspecified atom stereocenters. The number of urea groups is 1. The molecule has 1 aromatic heterocycles. The quantitative estimate of drug-likeness (QED) is 0.431. The van der Waals surface area contributed by atoms with Gasteiger partial charge in [0.15, 0.2) is 5.54 Å². The molecule has 0 aliphatic carbocycles. The number of aromatic nitrogens is 2. The number of rotatable bonds is 4. The molecule has 2 aromatic rings. The SMILES string of the molecule is NOc1ccc2[nH]n(CC3(CF)NC(=O)NC3=O)c(=O)c2c1. The summed E-state index contributed by atoms with van der Waals surface area (Å²) >= 11 is 0. The summed E-state index contributed by atoms with van der Waals surface area (Å²) in [6, 6.07) is 3.72. The number of benzene rings is 1. The number of nitrogens with zero attached hydrogens (tertiary/aromatic N) is 1. The fraction of sp³-hybridized carbons (Fsp3) is 0.250. The van der Waals surface area contributed by atoms with Crippen LogP contribution in [0.3, 0.4) is 0 Å². The summed E-state index contributed by atoms with van der Waals surface area (Å²) in [7, 11) is 0. The molecule has 1 aromatic carbocycles. The van der Waals surface area contributed by atoms with E-state index < -0.39 is 29.7 Å². The van der Waals surface area contributed by atoms with E-state index in [0.717, 1.165) is 4.68 Å². The lowest BCUT2D eigenvalue weighted by Crippen LogP contribution is -2.53. The number of carbonyl (C=O) groups is 2. The highest BCUT2D eigenvalue weighted by molar-refractivity contribution is 6.07. The second kappa shape index (κ2) is 4.84. The van der Waals surface area contributed by atoms with Crippen molar-refractivity contribution in [1.82, 2.24) is 20.4 Å². The Balaban J connectivity index is 2.04. The molecule has 10 heteroatoms. The smallest absolute Gasteiger partial charge is 0.322 e. The monoisotopic (exact) mass is 309 g/mol. The molecule has 116 valence electrons. The maximum atomic E-state index is 13.3. The molecule has 0 saturated carbocycles. The van der Waals surface area contributed by atoms with E-state index in [1.807, 2.05) is 5.32 Å². The zero-order valence-corrected chi connectivity index (χ0v) is 11.2. The zero-order chi connectivity index (χ0) is 15.9. The first-order valence-electron chi connectivity index (χ1n) is 6.28. The lowest BCUT2D eigenvalue weighted by atomic mass is 10.0. The normalized spacial score (nSPS) is 21.0. The third-order valence-corrected chi connectivity index (χ3v) is 3.53. The molecule has 0 spiro atoms. The minimum absolute atomic E-state index is 0.265. The van der Waals surface area contributed by atoms with E-state index in [0.29, 0.717) is 5.52 Å². The number of nitrogens with one attached hydrogen (secondary N) is 3. The van der Waals surface area contributed by atoms with Crippen molar-refractivity contribution < 1.29 is 18.8 Å². The maximum Gasteiger partial charge on any atom is 0.322 e. The molecule has 0 radical (unpaired) electrons. The Hall–Kier alpha value is -2.88. The van der Waals surface area contributed by atoms with E-state index in [1.54, 1.807) is 6.07 Å². The molecular weight excluding hydrogens is 297 g/mol. The van der Waals surface area contributed by atoms with Gasteiger partial charge in [-0.25, -0.2) is 13.9 Å². The van der Waals surface area contributed by atoms with Crippen LogP contribution in [-0.4, -0.2) is 33.9 Å². The fourth-order valence-electron chi connectivity index (χ4n) is 2.37.